The van der Waals surface area contributed by atoms with E-state index in [1.165, 1.54) is 51.5 Å². The van der Waals surface area contributed by atoms with E-state index < -0.39 is 0 Å². The van der Waals surface area contributed by atoms with Gasteiger partial charge in [-0.15, -0.1) is 0 Å². The van der Waals surface area contributed by atoms with Gasteiger partial charge in [0.1, 0.15) is 0 Å². The number of rotatable bonds is 1. The molecule has 2 nitrogen and oxygen atoms in total. The minimum atomic E-state index is -0.309. The molecule has 0 spiro atoms. The van der Waals surface area contributed by atoms with Crippen molar-refractivity contribution in [3.63, 3.8) is 0 Å². The van der Waals surface area contributed by atoms with Gasteiger partial charge in [-0.25, -0.2) is 0 Å². The van der Waals surface area contributed by atoms with Gasteiger partial charge in [0.05, 0.1) is 5.60 Å². The lowest BCUT2D eigenvalue weighted by molar-refractivity contribution is -0.0523. The van der Waals surface area contributed by atoms with E-state index in [0.717, 1.165) is 13.0 Å². The van der Waals surface area contributed by atoms with Crippen molar-refractivity contribution in [1.82, 2.24) is 4.90 Å². The second-order valence-corrected chi connectivity index (χ2v) is 5.77. The summed E-state index contributed by atoms with van der Waals surface area (Å²) in [5.74, 6) is 0.611. The van der Waals surface area contributed by atoms with Crippen LogP contribution in [0.3, 0.4) is 0 Å². The third-order valence-corrected chi connectivity index (χ3v) is 5.05. The Morgan fingerprint density at radius 3 is 2.53 bits per heavy atom. The summed E-state index contributed by atoms with van der Waals surface area (Å²) in [6.07, 6.45) is 10.2. The van der Waals surface area contributed by atoms with Gasteiger partial charge in [-0.1, -0.05) is 19.3 Å². The van der Waals surface area contributed by atoms with Crippen molar-refractivity contribution in [3.05, 3.63) is 0 Å². The highest BCUT2D eigenvalue weighted by atomic mass is 16.3. The molecule has 1 aliphatic carbocycles. The molecule has 0 amide bonds. The van der Waals surface area contributed by atoms with Crippen LogP contribution in [0.15, 0.2) is 0 Å². The second kappa shape index (κ2) is 3.74. The highest BCUT2D eigenvalue weighted by Gasteiger charge is 2.51. The maximum Gasteiger partial charge on any atom is 0.0842 e. The van der Waals surface area contributed by atoms with E-state index in [1.54, 1.807) is 0 Å². The molecule has 0 aromatic carbocycles. The normalized spacial score (nSPS) is 43.4. The van der Waals surface area contributed by atoms with Crippen LogP contribution < -0.4 is 0 Å². The first-order chi connectivity index (χ1) is 7.31. The molecular weight excluding hydrogens is 186 g/mol. The Hall–Kier alpha value is -0.0800. The Balaban J connectivity index is 1.77. The largest absolute Gasteiger partial charge is 0.388 e. The molecule has 0 aromatic heterocycles. The Morgan fingerprint density at radius 2 is 1.73 bits per heavy atom. The molecular formula is C13H23NO. The van der Waals surface area contributed by atoms with Gasteiger partial charge in [0.2, 0.25) is 0 Å². The number of fused-ring (bicyclic) bond motifs is 1. The predicted molar refractivity (Wildman–Crippen MR) is 60.7 cm³/mol. The fourth-order valence-corrected chi connectivity index (χ4v) is 4.23. The lowest BCUT2D eigenvalue weighted by atomic mass is 9.72. The summed E-state index contributed by atoms with van der Waals surface area (Å²) in [5.41, 5.74) is -0.309. The Morgan fingerprint density at radius 1 is 0.933 bits per heavy atom. The first kappa shape index (κ1) is 10.1. The van der Waals surface area contributed by atoms with E-state index in [4.69, 9.17) is 0 Å². The standard InChI is InChI=1S/C13H23NO/c15-13(11-5-2-1-3-6-11)8-10-14-9-4-7-12(13)14/h11-12,15H,1-10H2. The lowest BCUT2D eigenvalue weighted by Crippen LogP contribution is -2.48. The van der Waals surface area contributed by atoms with Gasteiger partial charge in [0.15, 0.2) is 0 Å². The molecule has 3 rings (SSSR count). The van der Waals surface area contributed by atoms with Gasteiger partial charge in [-0.2, -0.15) is 0 Å². The summed E-state index contributed by atoms with van der Waals surface area (Å²) in [4.78, 5) is 2.54. The van der Waals surface area contributed by atoms with Crippen LogP contribution >= 0.6 is 0 Å². The van der Waals surface area contributed by atoms with Crippen LogP contribution in [0.25, 0.3) is 0 Å². The number of hydrogen-bond donors (Lipinski definition) is 1. The summed E-state index contributed by atoms with van der Waals surface area (Å²) in [6, 6.07) is 0.514. The summed E-state index contributed by atoms with van der Waals surface area (Å²) >= 11 is 0. The van der Waals surface area contributed by atoms with Gasteiger partial charge in [-0.05, 0) is 44.6 Å². The molecule has 2 heterocycles. The van der Waals surface area contributed by atoms with Crippen molar-refractivity contribution in [2.75, 3.05) is 13.1 Å². The van der Waals surface area contributed by atoms with Crippen molar-refractivity contribution in [2.45, 2.75) is 63.0 Å². The highest BCUT2D eigenvalue weighted by Crippen LogP contribution is 2.45. The summed E-state index contributed by atoms with van der Waals surface area (Å²) in [7, 11) is 0. The molecule has 1 N–H and O–H groups in total. The average Bonchev–Trinajstić information content (AvgIpc) is 2.85. The van der Waals surface area contributed by atoms with Crippen LogP contribution in [-0.4, -0.2) is 34.7 Å². The van der Waals surface area contributed by atoms with E-state index in [-0.39, 0.29) is 5.60 Å². The zero-order valence-electron chi connectivity index (χ0n) is 9.62. The molecule has 0 aromatic rings. The molecule has 3 aliphatic rings. The Kier molecular flexibility index (Phi) is 2.52. The minimum Gasteiger partial charge on any atom is -0.388 e. The first-order valence-corrected chi connectivity index (χ1v) is 6.77. The zero-order chi connectivity index (χ0) is 10.3. The van der Waals surface area contributed by atoms with Gasteiger partial charge in [-0.3, -0.25) is 4.90 Å². The van der Waals surface area contributed by atoms with Crippen molar-refractivity contribution in [2.24, 2.45) is 5.92 Å². The van der Waals surface area contributed by atoms with Crippen LogP contribution in [-0.2, 0) is 0 Å². The molecule has 2 aliphatic heterocycles. The van der Waals surface area contributed by atoms with Crippen molar-refractivity contribution < 1.29 is 5.11 Å². The monoisotopic (exact) mass is 209 g/mol. The topological polar surface area (TPSA) is 23.5 Å². The van der Waals surface area contributed by atoms with E-state index in [2.05, 4.69) is 4.90 Å². The average molecular weight is 209 g/mol. The van der Waals surface area contributed by atoms with Crippen molar-refractivity contribution in [1.29, 1.82) is 0 Å². The molecule has 0 radical (unpaired) electrons. The Labute approximate surface area is 92.7 Å². The molecule has 2 unspecified atom stereocenters. The number of nitrogens with zero attached hydrogens (tertiary/aromatic N) is 1. The van der Waals surface area contributed by atoms with Crippen molar-refractivity contribution >= 4 is 0 Å². The third kappa shape index (κ3) is 1.53. The Bertz CT molecular complexity index is 237. The fourth-order valence-electron chi connectivity index (χ4n) is 4.23. The number of aliphatic hydroxyl groups is 1. The summed E-state index contributed by atoms with van der Waals surface area (Å²) in [5, 5.41) is 10.9. The van der Waals surface area contributed by atoms with E-state index in [9.17, 15) is 5.11 Å². The summed E-state index contributed by atoms with van der Waals surface area (Å²) in [6.45, 7) is 2.39. The van der Waals surface area contributed by atoms with E-state index >= 15 is 0 Å². The van der Waals surface area contributed by atoms with Crippen LogP contribution in [0.5, 0.6) is 0 Å². The minimum absolute atomic E-state index is 0.309. The molecule has 0 bridgehead atoms. The van der Waals surface area contributed by atoms with Gasteiger partial charge < -0.3 is 5.11 Å². The van der Waals surface area contributed by atoms with Crippen LogP contribution in [0, 0.1) is 5.92 Å². The predicted octanol–water partition coefficient (Wildman–Crippen LogP) is 2.17. The fraction of sp³-hybridized carbons (Fsp3) is 1.00. The maximum atomic E-state index is 10.9. The molecule has 2 atom stereocenters. The molecule has 2 heteroatoms. The zero-order valence-corrected chi connectivity index (χ0v) is 9.62. The third-order valence-electron chi connectivity index (χ3n) is 5.05. The molecule has 1 saturated carbocycles. The molecule has 86 valence electrons. The number of hydrogen-bond acceptors (Lipinski definition) is 2. The van der Waals surface area contributed by atoms with Crippen LogP contribution in [0.4, 0.5) is 0 Å². The van der Waals surface area contributed by atoms with Gasteiger partial charge >= 0.3 is 0 Å². The lowest BCUT2D eigenvalue weighted by Gasteiger charge is -2.39. The smallest absolute Gasteiger partial charge is 0.0842 e. The summed E-state index contributed by atoms with van der Waals surface area (Å²) < 4.78 is 0. The van der Waals surface area contributed by atoms with Crippen molar-refractivity contribution in [3.8, 4) is 0 Å². The molecule has 15 heavy (non-hydrogen) atoms. The van der Waals surface area contributed by atoms with Gasteiger partial charge in [0, 0.05) is 12.6 Å². The highest BCUT2D eigenvalue weighted by molar-refractivity contribution is 5.06. The SMILES string of the molecule is OC1(C2CCCCC2)CCN2CCCC21. The van der Waals surface area contributed by atoms with E-state index in [0.29, 0.717) is 12.0 Å². The van der Waals surface area contributed by atoms with E-state index in [1.807, 2.05) is 0 Å². The maximum absolute atomic E-state index is 10.9. The van der Waals surface area contributed by atoms with Crippen LogP contribution in [0.1, 0.15) is 51.4 Å². The second-order valence-electron chi connectivity index (χ2n) is 5.77. The van der Waals surface area contributed by atoms with Gasteiger partial charge in [0.25, 0.3) is 0 Å². The molecule has 2 saturated heterocycles. The first-order valence-electron chi connectivity index (χ1n) is 6.77. The quantitative estimate of drug-likeness (QED) is 0.715. The van der Waals surface area contributed by atoms with Crippen LogP contribution in [0.2, 0.25) is 0 Å². The molecule has 3 fully saturated rings.